The third kappa shape index (κ3) is 4.30. The fourth-order valence-electron chi connectivity index (χ4n) is 3.06. The lowest BCUT2D eigenvalue weighted by atomic mass is 10.0. The molecule has 3 rings (SSSR count). The summed E-state index contributed by atoms with van der Waals surface area (Å²) < 4.78 is 21.2. The predicted octanol–water partition coefficient (Wildman–Crippen LogP) is 4.05. The molecule has 1 amide bonds. The Morgan fingerprint density at radius 1 is 0.800 bits per heavy atom. The SMILES string of the molecule is COc1ccc(NC(=O)[C@H](C)OC(=O)c2ccc(OC)c3ccccc23)cc1OC. The zero-order valence-corrected chi connectivity index (χ0v) is 17.2. The molecule has 7 nitrogen and oxygen atoms in total. The van der Waals surface area contributed by atoms with Crippen molar-refractivity contribution in [3.8, 4) is 17.2 Å². The van der Waals surface area contributed by atoms with Crippen LogP contribution in [0.2, 0.25) is 0 Å². The topological polar surface area (TPSA) is 83.1 Å². The fraction of sp³-hybridized carbons (Fsp3) is 0.217. The largest absolute Gasteiger partial charge is 0.496 e. The molecule has 3 aromatic carbocycles. The fourth-order valence-corrected chi connectivity index (χ4v) is 3.06. The van der Waals surface area contributed by atoms with Crippen molar-refractivity contribution in [3.05, 3.63) is 60.2 Å². The zero-order valence-electron chi connectivity index (χ0n) is 17.2. The van der Waals surface area contributed by atoms with E-state index in [1.165, 1.54) is 21.1 Å². The van der Waals surface area contributed by atoms with Gasteiger partial charge in [0, 0.05) is 17.1 Å². The second kappa shape index (κ2) is 9.17. The van der Waals surface area contributed by atoms with Gasteiger partial charge in [0.2, 0.25) is 0 Å². The van der Waals surface area contributed by atoms with Gasteiger partial charge in [-0.05, 0) is 36.6 Å². The summed E-state index contributed by atoms with van der Waals surface area (Å²) in [6.45, 7) is 1.51. The van der Waals surface area contributed by atoms with Gasteiger partial charge in [-0.1, -0.05) is 24.3 Å². The third-order valence-electron chi connectivity index (χ3n) is 4.63. The van der Waals surface area contributed by atoms with Crippen molar-refractivity contribution in [1.82, 2.24) is 0 Å². The van der Waals surface area contributed by atoms with Gasteiger partial charge in [-0.2, -0.15) is 0 Å². The van der Waals surface area contributed by atoms with E-state index in [-0.39, 0.29) is 0 Å². The smallest absolute Gasteiger partial charge is 0.339 e. The monoisotopic (exact) mass is 409 g/mol. The average molecular weight is 409 g/mol. The van der Waals surface area contributed by atoms with E-state index >= 15 is 0 Å². The summed E-state index contributed by atoms with van der Waals surface area (Å²) >= 11 is 0. The Kier molecular flexibility index (Phi) is 6.41. The Hall–Kier alpha value is -3.74. The van der Waals surface area contributed by atoms with Crippen LogP contribution in [0.4, 0.5) is 5.69 Å². The molecule has 0 aliphatic rings. The molecule has 0 aromatic heterocycles. The van der Waals surface area contributed by atoms with Crippen LogP contribution in [0.25, 0.3) is 10.8 Å². The molecule has 0 aliphatic carbocycles. The van der Waals surface area contributed by atoms with Crippen LogP contribution in [-0.2, 0) is 9.53 Å². The molecule has 1 N–H and O–H groups in total. The van der Waals surface area contributed by atoms with E-state index in [0.29, 0.717) is 33.9 Å². The van der Waals surface area contributed by atoms with Crippen molar-refractivity contribution in [3.63, 3.8) is 0 Å². The Labute approximate surface area is 174 Å². The zero-order chi connectivity index (χ0) is 21.7. The van der Waals surface area contributed by atoms with Gasteiger partial charge in [-0.25, -0.2) is 4.79 Å². The number of methoxy groups -OCH3 is 3. The van der Waals surface area contributed by atoms with Crippen molar-refractivity contribution < 1.29 is 28.5 Å². The van der Waals surface area contributed by atoms with Crippen LogP contribution in [0, 0.1) is 0 Å². The Morgan fingerprint density at radius 2 is 1.43 bits per heavy atom. The number of benzene rings is 3. The summed E-state index contributed by atoms with van der Waals surface area (Å²) in [6, 6.07) is 15.7. The standard InChI is InChI=1S/C23H23NO6/c1-14(22(25)24-15-9-11-20(28-3)21(13-15)29-4)30-23(26)18-10-12-19(27-2)17-8-6-5-7-16(17)18/h5-14H,1-4H3,(H,24,25)/t14-/m0/s1. The van der Waals surface area contributed by atoms with Gasteiger partial charge in [0.05, 0.1) is 26.9 Å². The van der Waals surface area contributed by atoms with E-state index in [1.54, 1.807) is 37.4 Å². The molecule has 0 fully saturated rings. The predicted molar refractivity (Wildman–Crippen MR) is 114 cm³/mol. The van der Waals surface area contributed by atoms with Crippen LogP contribution in [0.15, 0.2) is 54.6 Å². The molecule has 0 spiro atoms. The van der Waals surface area contributed by atoms with E-state index in [9.17, 15) is 9.59 Å². The van der Waals surface area contributed by atoms with Crippen LogP contribution in [0.5, 0.6) is 17.2 Å². The van der Waals surface area contributed by atoms with Crippen LogP contribution in [0.1, 0.15) is 17.3 Å². The minimum atomic E-state index is -1.01. The van der Waals surface area contributed by atoms with Crippen molar-refractivity contribution in [2.75, 3.05) is 26.6 Å². The van der Waals surface area contributed by atoms with Gasteiger partial charge < -0.3 is 24.3 Å². The number of anilines is 1. The van der Waals surface area contributed by atoms with E-state index in [4.69, 9.17) is 18.9 Å². The molecule has 0 radical (unpaired) electrons. The maximum absolute atomic E-state index is 12.7. The molecule has 156 valence electrons. The first-order valence-electron chi connectivity index (χ1n) is 9.28. The normalized spacial score (nSPS) is 11.5. The Morgan fingerprint density at radius 3 is 2.10 bits per heavy atom. The highest BCUT2D eigenvalue weighted by Gasteiger charge is 2.21. The molecule has 1 atom stereocenters. The first-order valence-corrected chi connectivity index (χ1v) is 9.28. The van der Waals surface area contributed by atoms with Gasteiger partial charge >= 0.3 is 5.97 Å². The minimum Gasteiger partial charge on any atom is -0.496 e. The van der Waals surface area contributed by atoms with Crippen molar-refractivity contribution >= 4 is 28.3 Å². The van der Waals surface area contributed by atoms with Crippen LogP contribution in [0.3, 0.4) is 0 Å². The second-order valence-corrected chi connectivity index (χ2v) is 6.47. The average Bonchev–Trinajstić information content (AvgIpc) is 2.77. The number of ether oxygens (including phenoxy) is 4. The van der Waals surface area contributed by atoms with Gasteiger partial charge in [0.25, 0.3) is 5.91 Å². The summed E-state index contributed by atoms with van der Waals surface area (Å²) in [5.41, 5.74) is 0.854. The molecule has 0 saturated carbocycles. The summed E-state index contributed by atoms with van der Waals surface area (Å²) in [4.78, 5) is 25.2. The van der Waals surface area contributed by atoms with Crippen molar-refractivity contribution in [2.24, 2.45) is 0 Å². The lowest BCUT2D eigenvalue weighted by Crippen LogP contribution is -2.30. The van der Waals surface area contributed by atoms with E-state index in [2.05, 4.69) is 5.32 Å². The molecule has 0 heterocycles. The lowest BCUT2D eigenvalue weighted by molar-refractivity contribution is -0.123. The Bertz CT molecular complexity index is 1080. The number of carbonyl (C=O) groups excluding carboxylic acids is 2. The van der Waals surface area contributed by atoms with Crippen molar-refractivity contribution in [1.29, 1.82) is 0 Å². The van der Waals surface area contributed by atoms with E-state index in [1.807, 2.05) is 24.3 Å². The summed E-state index contributed by atoms with van der Waals surface area (Å²) in [7, 11) is 4.61. The molecule has 3 aromatic rings. The van der Waals surface area contributed by atoms with Gasteiger partial charge in [-0.15, -0.1) is 0 Å². The highest BCUT2D eigenvalue weighted by atomic mass is 16.5. The number of carbonyl (C=O) groups is 2. The summed E-state index contributed by atoms with van der Waals surface area (Å²) in [6.07, 6.45) is -1.01. The van der Waals surface area contributed by atoms with Gasteiger partial charge in [0.1, 0.15) is 5.75 Å². The van der Waals surface area contributed by atoms with Crippen LogP contribution >= 0.6 is 0 Å². The molecular weight excluding hydrogens is 386 g/mol. The molecular formula is C23H23NO6. The molecule has 0 bridgehead atoms. The van der Waals surface area contributed by atoms with Crippen LogP contribution in [-0.4, -0.2) is 39.3 Å². The number of hydrogen-bond donors (Lipinski definition) is 1. The van der Waals surface area contributed by atoms with Gasteiger partial charge in [0.15, 0.2) is 17.6 Å². The number of esters is 1. The summed E-state index contributed by atoms with van der Waals surface area (Å²) in [5, 5.41) is 4.19. The molecule has 0 aliphatic heterocycles. The lowest BCUT2D eigenvalue weighted by Gasteiger charge is -2.16. The third-order valence-corrected chi connectivity index (χ3v) is 4.63. The number of fused-ring (bicyclic) bond motifs is 1. The van der Waals surface area contributed by atoms with E-state index < -0.39 is 18.0 Å². The maximum atomic E-state index is 12.7. The van der Waals surface area contributed by atoms with Crippen LogP contribution < -0.4 is 19.5 Å². The number of rotatable bonds is 7. The highest BCUT2D eigenvalue weighted by molar-refractivity contribution is 6.07. The number of nitrogens with one attached hydrogen (secondary N) is 1. The van der Waals surface area contributed by atoms with E-state index in [0.717, 1.165) is 5.39 Å². The highest BCUT2D eigenvalue weighted by Crippen LogP contribution is 2.30. The number of hydrogen-bond acceptors (Lipinski definition) is 6. The second-order valence-electron chi connectivity index (χ2n) is 6.47. The summed E-state index contributed by atoms with van der Waals surface area (Å²) in [5.74, 6) is 0.615. The van der Waals surface area contributed by atoms with Crippen molar-refractivity contribution in [2.45, 2.75) is 13.0 Å². The maximum Gasteiger partial charge on any atom is 0.339 e. The minimum absolute atomic E-state index is 0.358. The molecule has 30 heavy (non-hydrogen) atoms. The quantitative estimate of drug-likeness (QED) is 0.593. The molecule has 0 unspecified atom stereocenters. The first-order chi connectivity index (χ1) is 14.5. The van der Waals surface area contributed by atoms with Gasteiger partial charge in [-0.3, -0.25) is 4.79 Å². The molecule has 0 saturated heterocycles. The Balaban J connectivity index is 1.74. The molecule has 7 heteroatoms. The number of amides is 1. The first kappa shape index (κ1) is 21.0.